The Balaban J connectivity index is 1.81. The Morgan fingerprint density at radius 1 is 1.31 bits per heavy atom. The third-order valence-electron chi connectivity index (χ3n) is 3.97. The van der Waals surface area contributed by atoms with Crippen LogP contribution in [0.2, 0.25) is 0 Å². The van der Waals surface area contributed by atoms with Gasteiger partial charge < -0.3 is 5.32 Å². The van der Waals surface area contributed by atoms with Gasteiger partial charge in [0.15, 0.2) is 0 Å². The van der Waals surface area contributed by atoms with Crippen LogP contribution in [0.3, 0.4) is 0 Å². The molecule has 1 N–H and O–H groups in total. The lowest BCUT2D eigenvalue weighted by atomic mass is 9.90. The van der Waals surface area contributed by atoms with Gasteiger partial charge in [-0.3, -0.25) is 4.90 Å². The lowest BCUT2D eigenvalue weighted by molar-refractivity contribution is 0.165. The summed E-state index contributed by atoms with van der Waals surface area (Å²) in [5, 5.41) is 3.67. The number of likely N-dealkylation sites (tertiary alicyclic amines) is 1. The third kappa shape index (κ3) is 3.33. The first-order valence-electron chi connectivity index (χ1n) is 6.85. The molecular weight excluding hydrogens is 196 g/mol. The summed E-state index contributed by atoms with van der Waals surface area (Å²) in [6.45, 7) is 9.40. The molecule has 0 aliphatic carbocycles. The van der Waals surface area contributed by atoms with Crippen LogP contribution in [0.1, 0.15) is 39.5 Å². The minimum Gasteiger partial charge on any atom is -0.314 e. The zero-order valence-corrected chi connectivity index (χ0v) is 10.8. The van der Waals surface area contributed by atoms with Crippen molar-refractivity contribution in [2.45, 2.75) is 45.6 Å². The molecule has 0 saturated carbocycles. The van der Waals surface area contributed by atoms with E-state index in [4.69, 9.17) is 0 Å². The maximum absolute atomic E-state index is 3.67. The summed E-state index contributed by atoms with van der Waals surface area (Å²) in [6, 6.07) is 0.814. The Hall–Kier alpha value is -0.340. The van der Waals surface area contributed by atoms with Gasteiger partial charge in [0.25, 0.3) is 0 Å². The number of piperidine rings is 1. The molecule has 2 aliphatic rings. The first-order chi connectivity index (χ1) is 7.75. The number of rotatable bonds is 3. The summed E-state index contributed by atoms with van der Waals surface area (Å²) in [5.41, 5.74) is 1.45. The molecule has 2 heteroatoms. The fourth-order valence-electron chi connectivity index (χ4n) is 3.01. The van der Waals surface area contributed by atoms with Crippen LogP contribution in [0.5, 0.6) is 0 Å². The summed E-state index contributed by atoms with van der Waals surface area (Å²) in [6.07, 6.45) is 7.98. The highest BCUT2D eigenvalue weighted by atomic mass is 15.1. The molecule has 2 aliphatic heterocycles. The average Bonchev–Trinajstić information content (AvgIpc) is 2.80. The van der Waals surface area contributed by atoms with Gasteiger partial charge in [0, 0.05) is 19.1 Å². The molecule has 0 aromatic rings. The van der Waals surface area contributed by atoms with E-state index in [1.54, 1.807) is 0 Å². The van der Waals surface area contributed by atoms with Crippen molar-refractivity contribution in [2.24, 2.45) is 5.92 Å². The first kappa shape index (κ1) is 12.1. The van der Waals surface area contributed by atoms with Crippen LogP contribution in [-0.4, -0.2) is 37.1 Å². The second-order valence-corrected chi connectivity index (χ2v) is 5.65. The summed E-state index contributed by atoms with van der Waals surface area (Å²) >= 11 is 0. The van der Waals surface area contributed by atoms with E-state index in [9.17, 15) is 0 Å². The summed E-state index contributed by atoms with van der Waals surface area (Å²) in [7, 11) is 0. The molecule has 2 heterocycles. The molecule has 2 atom stereocenters. The lowest BCUT2D eigenvalue weighted by Gasteiger charge is -2.35. The standard InChI is InChI=1S/C14H26N2/c1-12(2)7-10-16-9-4-5-13(11-16)14-6-3-8-15-14/h7,13-15H,3-6,8-11H2,1-2H3. The minimum atomic E-state index is 0.814. The highest BCUT2D eigenvalue weighted by Crippen LogP contribution is 2.24. The van der Waals surface area contributed by atoms with Gasteiger partial charge in [-0.25, -0.2) is 0 Å². The second kappa shape index (κ2) is 5.83. The molecule has 0 spiro atoms. The second-order valence-electron chi connectivity index (χ2n) is 5.65. The molecule has 2 nitrogen and oxygen atoms in total. The maximum atomic E-state index is 3.67. The topological polar surface area (TPSA) is 15.3 Å². The van der Waals surface area contributed by atoms with Crippen LogP contribution in [0, 0.1) is 5.92 Å². The number of nitrogens with one attached hydrogen (secondary N) is 1. The van der Waals surface area contributed by atoms with Crippen molar-refractivity contribution < 1.29 is 0 Å². The predicted octanol–water partition coefficient (Wildman–Crippen LogP) is 2.42. The summed E-state index contributed by atoms with van der Waals surface area (Å²) in [4.78, 5) is 2.63. The maximum Gasteiger partial charge on any atom is 0.0165 e. The van der Waals surface area contributed by atoms with Gasteiger partial charge in [-0.1, -0.05) is 11.6 Å². The third-order valence-corrected chi connectivity index (χ3v) is 3.97. The minimum absolute atomic E-state index is 0.814. The van der Waals surface area contributed by atoms with Gasteiger partial charge in [0.1, 0.15) is 0 Å². The molecule has 2 rings (SSSR count). The van der Waals surface area contributed by atoms with Crippen LogP contribution in [0.15, 0.2) is 11.6 Å². The fraction of sp³-hybridized carbons (Fsp3) is 0.857. The molecule has 0 amide bonds. The average molecular weight is 222 g/mol. The molecular formula is C14H26N2. The van der Waals surface area contributed by atoms with Crippen molar-refractivity contribution in [3.63, 3.8) is 0 Å². The highest BCUT2D eigenvalue weighted by molar-refractivity contribution is 4.96. The van der Waals surface area contributed by atoms with Crippen LogP contribution in [0.25, 0.3) is 0 Å². The number of allylic oxidation sites excluding steroid dienone is 1. The summed E-state index contributed by atoms with van der Waals surface area (Å²) < 4.78 is 0. The van der Waals surface area contributed by atoms with Crippen molar-refractivity contribution in [2.75, 3.05) is 26.2 Å². The normalized spacial score (nSPS) is 31.6. The van der Waals surface area contributed by atoms with Gasteiger partial charge in [-0.2, -0.15) is 0 Å². The van der Waals surface area contributed by atoms with E-state index in [1.807, 2.05) is 0 Å². The van der Waals surface area contributed by atoms with Crippen molar-refractivity contribution in [3.8, 4) is 0 Å². The van der Waals surface area contributed by atoms with E-state index >= 15 is 0 Å². The van der Waals surface area contributed by atoms with Gasteiger partial charge >= 0.3 is 0 Å². The monoisotopic (exact) mass is 222 g/mol. The zero-order valence-electron chi connectivity index (χ0n) is 10.8. The Bertz CT molecular complexity index is 237. The first-order valence-corrected chi connectivity index (χ1v) is 6.85. The van der Waals surface area contributed by atoms with Crippen molar-refractivity contribution in [3.05, 3.63) is 11.6 Å². The number of hydrogen-bond donors (Lipinski definition) is 1. The van der Waals surface area contributed by atoms with Gasteiger partial charge in [-0.05, 0) is 58.5 Å². The SMILES string of the molecule is CC(C)=CCN1CCCC(C2CCCN2)C1. The lowest BCUT2D eigenvalue weighted by Crippen LogP contribution is -2.43. The van der Waals surface area contributed by atoms with Crippen molar-refractivity contribution in [1.29, 1.82) is 0 Å². The van der Waals surface area contributed by atoms with E-state index in [1.165, 1.54) is 50.9 Å². The van der Waals surface area contributed by atoms with E-state index in [0.717, 1.165) is 18.5 Å². The largest absolute Gasteiger partial charge is 0.314 e. The van der Waals surface area contributed by atoms with Crippen molar-refractivity contribution >= 4 is 0 Å². The van der Waals surface area contributed by atoms with Crippen LogP contribution < -0.4 is 5.32 Å². The van der Waals surface area contributed by atoms with E-state index < -0.39 is 0 Å². The van der Waals surface area contributed by atoms with Crippen molar-refractivity contribution in [1.82, 2.24) is 10.2 Å². The molecule has 0 radical (unpaired) electrons. The quantitative estimate of drug-likeness (QED) is 0.738. The fourth-order valence-corrected chi connectivity index (χ4v) is 3.01. The summed E-state index contributed by atoms with van der Waals surface area (Å²) in [5.74, 6) is 0.904. The molecule has 2 saturated heterocycles. The predicted molar refractivity (Wildman–Crippen MR) is 69.6 cm³/mol. The molecule has 0 aromatic carbocycles. The number of nitrogens with zero attached hydrogens (tertiary/aromatic N) is 1. The van der Waals surface area contributed by atoms with Crippen LogP contribution >= 0.6 is 0 Å². The zero-order chi connectivity index (χ0) is 11.4. The molecule has 0 aromatic heterocycles. The Kier molecular flexibility index (Phi) is 4.42. The van der Waals surface area contributed by atoms with Crippen LogP contribution in [-0.2, 0) is 0 Å². The van der Waals surface area contributed by atoms with E-state index in [2.05, 4.69) is 30.1 Å². The van der Waals surface area contributed by atoms with Gasteiger partial charge in [-0.15, -0.1) is 0 Å². The molecule has 2 unspecified atom stereocenters. The highest BCUT2D eigenvalue weighted by Gasteiger charge is 2.28. The van der Waals surface area contributed by atoms with Gasteiger partial charge in [0.05, 0.1) is 0 Å². The molecule has 2 fully saturated rings. The molecule has 0 bridgehead atoms. The molecule has 92 valence electrons. The van der Waals surface area contributed by atoms with Crippen LogP contribution in [0.4, 0.5) is 0 Å². The van der Waals surface area contributed by atoms with E-state index in [0.29, 0.717) is 0 Å². The Morgan fingerprint density at radius 2 is 2.19 bits per heavy atom. The Morgan fingerprint density at radius 3 is 2.88 bits per heavy atom. The van der Waals surface area contributed by atoms with E-state index in [-0.39, 0.29) is 0 Å². The smallest absolute Gasteiger partial charge is 0.0165 e. The Labute approximate surface area is 100 Å². The molecule has 16 heavy (non-hydrogen) atoms. The number of hydrogen-bond acceptors (Lipinski definition) is 2. The van der Waals surface area contributed by atoms with Gasteiger partial charge in [0.2, 0.25) is 0 Å².